The monoisotopic (exact) mass is 583 g/mol. The van der Waals surface area contributed by atoms with Gasteiger partial charge in [0.2, 0.25) is 0 Å². The van der Waals surface area contributed by atoms with Crippen molar-refractivity contribution in [3.8, 4) is 22.3 Å². The van der Waals surface area contributed by atoms with Crippen LogP contribution in [0.4, 0.5) is 17.1 Å². The molecule has 1 aliphatic rings. The highest BCUT2D eigenvalue weighted by atomic mass is 16.3. The smallest absolute Gasteiger partial charge is 0.137 e. The normalized spacial score (nSPS) is 13.6. The lowest BCUT2D eigenvalue weighted by Crippen LogP contribution is -2.17. The number of fused-ring (bicyclic) bond motifs is 6. The molecule has 0 atom stereocenters. The van der Waals surface area contributed by atoms with Crippen LogP contribution < -0.4 is 4.90 Å². The average molecular weight is 584 g/mol. The van der Waals surface area contributed by atoms with Crippen molar-refractivity contribution in [3.63, 3.8) is 0 Å². The van der Waals surface area contributed by atoms with Gasteiger partial charge in [-0.05, 0) is 75.2 Å². The Bertz CT molecular complexity index is 2230. The van der Waals surface area contributed by atoms with Gasteiger partial charge in [-0.25, -0.2) is 0 Å². The second kappa shape index (κ2) is 9.97. The number of benzene rings is 6. The van der Waals surface area contributed by atoms with Crippen molar-refractivity contribution in [3.05, 3.63) is 150 Å². The quantitative estimate of drug-likeness (QED) is 0.205. The Morgan fingerprint density at radius 3 is 2.04 bits per heavy atom. The van der Waals surface area contributed by atoms with E-state index in [1.165, 1.54) is 38.9 Å². The van der Waals surface area contributed by atoms with Crippen molar-refractivity contribution in [1.29, 1.82) is 0 Å². The molecular formula is C43H37NO. The van der Waals surface area contributed by atoms with E-state index in [9.17, 15) is 0 Å². The van der Waals surface area contributed by atoms with Crippen molar-refractivity contribution in [2.24, 2.45) is 0 Å². The third-order valence-electron chi connectivity index (χ3n) is 9.64. The molecule has 2 nitrogen and oxygen atoms in total. The number of rotatable bonds is 4. The molecule has 1 aliphatic carbocycles. The molecule has 0 saturated heterocycles. The maximum absolute atomic E-state index is 6.36. The molecule has 0 fully saturated rings. The van der Waals surface area contributed by atoms with E-state index in [1.54, 1.807) is 0 Å². The number of hydrogen-bond donors (Lipinski definition) is 0. The van der Waals surface area contributed by atoms with Crippen molar-refractivity contribution in [2.75, 3.05) is 4.90 Å². The summed E-state index contributed by atoms with van der Waals surface area (Å²) in [5, 5.41) is 2.23. The molecule has 0 bridgehead atoms. The van der Waals surface area contributed by atoms with Crippen molar-refractivity contribution >= 4 is 39.0 Å². The molecule has 8 rings (SSSR count). The molecule has 6 aromatic carbocycles. The molecule has 1 aromatic heterocycles. The van der Waals surface area contributed by atoms with Gasteiger partial charge in [0.05, 0.1) is 16.8 Å². The summed E-state index contributed by atoms with van der Waals surface area (Å²) in [5.41, 5.74) is 14.4. The third-order valence-corrected chi connectivity index (χ3v) is 9.64. The fourth-order valence-electron chi connectivity index (χ4n) is 7.30. The highest BCUT2D eigenvalue weighted by Gasteiger charge is 2.38. The van der Waals surface area contributed by atoms with Gasteiger partial charge in [0.1, 0.15) is 11.2 Å². The van der Waals surface area contributed by atoms with Gasteiger partial charge in [-0.1, -0.05) is 132 Å². The average Bonchev–Trinajstić information content (AvgIpc) is 3.54. The fourth-order valence-corrected chi connectivity index (χ4v) is 7.30. The third kappa shape index (κ3) is 4.24. The van der Waals surface area contributed by atoms with Gasteiger partial charge in [-0.15, -0.1) is 0 Å². The molecule has 2 heteroatoms. The Balaban J connectivity index is 1.40. The van der Waals surface area contributed by atoms with Crippen molar-refractivity contribution < 1.29 is 4.42 Å². The minimum absolute atomic E-state index is 0.0871. The number of para-hydroxylation sites is 3. The zero-order valence-electron chi connectivity index (χ0n) is 26.6. The predicted octanol–water partition coefficient (Wildman–Crippen LogP) is 12.3. The first-order valence-corrected chi connectivity index (χ1v) is 15.9. The van der Waals surface area contributed by atoms with Crippen LogP contribution in [0.25, 0.3) is 44.2 Å². The molecular weight excluding hydrogens is 546 g/mol. The summed E-state index contributed by atoms with van der Waals surface area (Å²) in [6.45, 7) is 11.6. The van der Waals surface area contributed by atoms with E-state index in [0.717, 1.165) is 39.0 Å². The molecule has 0 aliphatic heterocycles. The highest BCUT2D eigenvalue weighted by Crippen LogP contribution is 2.54. The van der Waals surface area contributed by atoms with Crippen molar-refractivity contribution in [1.82, 2.24) is 0 Å². The molecule has 220 valence electrons. The van der Waals surface area contributed by atoms with E-state index in [2.05, 4.69) is 167 Å². The summed E-state index contributed by atoms with van der Waals surface area (Å²) in [6, 6.07) is 48.3. The van der Waals surface area contributed by atoms with E-state index >= 15 is 0 Å². The lowest BCUT2D eigenvalue weighted by molar-refractivity contribution is 0.584. The largest absolute Gasteiger partial charge is 0.456 e. The number of hydrogen-bond acceptors (Lipinski definition) is 2. The first-order chi connectivity index (χ1) is 21.7. The second-order valence-corrected chi connectivity index (χ2v) is 13.8. The Morgan fingerprint density at radius 1 is 0.556 bits per heavy atom. The molecule has 0 N–H and O–H groups in total. The topological polar surface area (TPSA) is 16.4 Å². The summed E-state index contributed by atoms with van der Waals surface area (Å²) >= 11 is 0. The van der Waals surface area contributed by atoms with Gasteiger partial charge in [0.15, 0.2) is 0 Å². The molecule has 0 amide bonds. The van der Waals surface area contributed by atoms with Gasteiger partial charge in [0, 0.05) is 22.1 Å². The lowest BCUT2D eigenvalue weighted by Gasteiger charge is -2.29. The van der Waals surface area contributed by atoms with Crippen LogP contribution in [0, 0.1) is 0 Å². The van der Waals surface area contributed by atoms with Crippen LogP contribution in [0.5, 0.6) is 0 Å². The van der Waals surface area contributed by atoms with E-state index < -0.39 is 0 Å². The highest BCUT2D eigenvalue weighted by molar-refractivity contribution is 6.14. The van der Waals surface area contributed by atoms with Crippen LogP contribution in [-0.2, 0) is 10.8 Å². The first kappa shape index (κ1) is 27.5. The Kier molecular flexibility index (Phi) is 6.09. The van der Waals surface area contributed by atoms with Gasteiger partial charge < -0.3 is 9.32 Å². The molecule has 45 heavy (non-hydrogen) atoms. The number of anilines is 3. The Labute approximate surface area is 265 Å². The summed E-state index contributed by atoms with van der Waals surface area (Å²) in [5.74, 6) is 0. The van der Waals surface area contributed by atoms with E-state index in [-0.39, 0.29) is 10.8 Å². The summed E-state index contributed by atoms with van der Waals surface area (Å²) in [6.07, 6.45) is 0. The van der Waals surface area contributed by atoms with Crippen LogP contribution in [0.15, 0.2) is 138 Å². The Hall–Kier alpha value is -5.08. The van der Waals surface area contributed by atoms with Crippen molar-refractivity contribution in [2.45, 2.75) is 45.4 Å². The zero-order valence-corrected chi connectivity index (χ0v) is 26.6. The minimum atomic E-state index is -0.0999. The minimum Gasteiger partial charge on any atom is -0.456 e. The second-order valence-electron chi connectivity index (χ2n) is 13.8. The molecule has 0 radical (unpaired) electrons. The summed E-state index contributed by atoms with van der Waals surface area (Å²) in [7, 11) is 0. The lowest BCUT2D eigenvalue weighted by atomic mass is 9.79. The first-order valence-electron chi connectivity index (χ1n) is 15.9. The summed E-state index contributed by atoms with van der Waals surface area (Å²) in [4.78, 5) is 2.41. The Morgan fingerprint density at radius 2 is 1.22 bits per heavy atom. The zero-order chi connectivity index (χ0) is 30.9. The van der Waals surface area contributed by atoms with Gasteiger partial charge >= 0.3 is 0 Å². The van der Waals surface area contributed by atoms with Crippen LogP contribution in [-0.4, -0.2) is 0 Å². The fraction of sp³-hybridized carbons (Fsp3) is 0.163. The van der Waals surface area contributed by atoms with Gasteiger partial charge in [0.25, 0.3) is 0 Å². The standard InChI is InChI=1S/C43H37NO/c1-42(2,3)28-25-26-32-35(27-28)43(4,5)34-20-13-19-31(40(32)34)30-17-9-11-21-36(30)44(29-15-7-6-8-16-29)37-22-14-24-39-41(37)33-18-10-12-23-38(33)45-39/h6-27H,1-5H3. The number of furan rings is 1. The van der Waals surface area contributed by atoms with Crippen LogP contribution in [0.2, 0.25) is 0 Å². The van der Waals surface area contributed by atoms with Crippen LogP contribution >= 0.6 is 0 Å². The van der Waals surface area contributed by atoms with E-state index in [4.69, 9.17) is 4.42 Å². The molecule has 0 unspecified atom stereocenters. The van der Waals surface area contributed by atoms with Crippen LogP contribution in [0.1, 0.15) is 51.3 Å². The maximum atomic E-state index is 6.36. The molecule has 1 heterocycles. The van der Waals surface area contributed by atoms with Gasteiger partial charge in [-0.2, -0.15) is 0 Å². The van der Waals surface area contributed by atoms with Gasteiger partial charge in [-0.3, -0.25) is 0 Å². The molecule has 0 saturated carbocycles. The van der Waals surface area contributed by atoms with E-state index in [1.807, 2.05) is 6.07 Å². The molecule has 7 aromatic rings. The summed E-state index contributed by atoms with van der Waals surface area (Å²) < 4.78 is 6.36. The predicted molar refractivity (Wildman–Crippen MR) is 190 cm³/mol. The SMILES string of the molecule is CC(C)(C)c1ccc2c(c1)C(C)(C)c1cccc(-c3ccccc3N(c3ccccc3)c3cccc4oc5ccccc5c34)c1-2. The van der Waals surface area contributed by atoms with E-state index in [0.29, 0.717) is 0 Å². The van der Waals surface area contributed by atoms with Crippen LogP contribution in [0.3, 0.4) is 0 Å². The maximum Gasteiger partial charge on any atom is 0.137 e. The number of nitrogens with zero attached hydrogens (tertiary/aromatic N) is 1. The molecule has 0 spiro atoms.